The minimum atomic E-state index is -1.91. The molecule has 5 heteroatoms. The van der Waals surface area contributed by atoms with E-state index in [1.807, 2.05) is 11.8 Å². The van der Waals surface area contributed by atoms with Gasteiger partial charge in [-0.25, -0.2) is 0 Å². The van der Waals surface area contributed by atoms with E-state index in [4.69, 9.17) is 8.85 Å². The van der Waals surface area contributed by atoms with Gasteiger partial charge in [-0.1, -0.05) is 13.8 Å². The second-order valence-corrected chi connectivity index (χ2v) is 8.29. The molecule has 0 amide bonds. The van der Waals surface area contributed by atoms with Crippen molar-refractivity contribution < 1.29 is 8.85 Å². The van der Waals surface area contributed by atoms with Crippen molar-refractivity contribution >= 4 is 20.3 Å². The predicted octanol–water partition coefficient (Wildman–Crippen LogP) is 1.72. The summed E-state index contributed by atoms with van der Waals surface area (Å²) in [7, 11) is -1.91. The van der Waals surface area contributed by atoms with Crippen molar-refractivity contribution in [3.05, 3.63) is 0 Å². The predicted molar refractivity (Wildman–Crippen MR) is 68.6 cm³/mol. The number of hydrogen-bond donors (Lipinski definition) is 0. The van der Waals surface area contributed by atoms with Gasteiger partial charge in [-0.15, -0.1) is 0 Å². The first-order valence-electron chi connectivity index (χ1n) is 5.78. The Kier molecular flexibility index (Phi) is 6.22. The van der Waals surface area contributed by atoms with Gasteiger partial charge in [-0.05, 0) is 19.6 Å². The van der Waals surface area contributed by atoms with Crippen molar-refractivity contribution in [1.82, 2.24) is 4.90 Å². The largest absolute Gasteiger partial charge is 0.393 e. The molecule has 0 unspecified atom stereocenters. The quantitative estimate of drug-likeness (QED) is 0.707. The molecule has 1 saturated heterocycles. The molecule has 15 heavy (non-hydrogen) atoms. The van der Waals surface area contributed by atoms with Crippen LogP contribution in [-0.2, 0) is 8.85 Å². The van der Waals surface area contributed by atoms with E-state index in [1.54, 1.807) is 0 Å². The van der Waals surface area contributed by atoms with E-state index in [-0.39, 0.29) is 0 Å². The normalized spacial score (nSPS) is 22.4. The molecule has 0 N–H and O–H groups in total. The summed E-state index contributed by atoms with van der Waals surface area (Å²) in [6, 6.07) is 0. The molecule has 0 radical (unpaired) electrons. The summed E-state index contributed by atoms with van der Waals surface area (Å²) in [5.41, 5.74) is 0. The van der Waals surface area contributed by atoms with Crippen molar-refractivity contribution in [3.8, 4) is 0 Å². The summed E-state index contributed by atoms with van der Waals surface area (Å²) in [6.07, 6.45) is 1.00. The highest BCUT2D eigenvalue weighted by Crippen LogP contribution is 2.15. The fourth-order valence-electron chi connectivity index (χ4n) is 1.72. The van der Waals surface area contributed by atoms with Crippen LogP contribution < -0.4 is 0 Å². The minimum Gasteiger partial charge on any atom is -0.393 e. The first-order valence-corrected chi connectivity index (χ1v) is 9.46. The van der Waals surface area contributed by atoms with Crippen LogP contribution in [0.15, 0.2) is 0 Å². The van der Waals surface area contributed by atoms with Crippen LogP contribution in [0.5, 0.6) is 0 Å². The van der Waals surface area contributed by atoms with Gasteiger partial charge in [0.15, 0.2) is 0 Å². The van der Waals surface area contributed by atoms with Crippen molar-refractivity contribution in [1.29, 1.82) is 0 Å². The lowest BCUT2D eigenvalue weighted by Crippen LogP contribution is -2.51. The van der Waals surface area contributed by atoms with Gasteiger partial charge in [0.25, 0.3) is 0 Å². The summed E-state index contributed by atoms with van der Waals surface area (Å²) in [5, 5.41) is 0. The number of rotatable bonds is 4. The van der Waals surface area contributed by atoms with Crippen LogP contribution in [0, 0.1) is 0 Å². The molecule has 90 valence electrons. The van der Waals surface area contributed by atoms with Gasteiger partial charge in [0, 0.05) is 30.9 Å². The molecule has 0 bridgehead atoms. The highest BCUT2D eigenvalue weighted by molar-refractivity contribution is 7.99. The Morgan fingerprint density at radius 2 is 1.67 bits per heavy atom. The lowest BCUT2D eigenvalue weighted by atomic mass is 10.6. The third-order valence-electron chi connectivity index (χ3n) is 2.68. The van der Waals surface area contributed by atoms with Gasteiger partial charge < -0.3 is 13.8 Å². The molecule has 0 spiro atoms. The molecule has 1 aliphatic heterocycles. The van der Waals surface area contributed by atoms with Crippen LogP contribution in [0.3, 0.4) is 0 Å². The first kappa shape index (κ1) is 13.5. The molecule has 0 aliphatic carbocycles. The van der Waals surface area contributed by atoms with Crippen molar-refractivity contribution in [2.24, 2.45) is 0 Å². The van der Waals surface area contributed by atoms with Gasteiger partial charge in [-0.3, -0.25) is 0 Å². The maximum atomic E-state index is 5.96. The van der Waals surface area contributed by atoms with Crippen LogP contribution in [0.1, 0.15) is 13.8 Å². The zero-order chi connectivity index (χ0) is 11.1. The van der Waals surface area contributed by atoms with Crippen molar-refractivity contribution in [2.45, 2.75) is 20.4 Å². The van der Waals surface area contributed by atoms with E-state index in [1.165, 1.54) is 0 Å². The summed E-state index contributed by atoms with van der Waals surface area (Å²) in [5.74, 6) is 2.23. The zero-order valence-electron chi connectivity index (χ0n) is 10.1. The van der Waals surface area contributed by atoms with Crippen LogP contribution in [0.4, 0.5) is 0 Å². The fourth-order valence-corrected chi connectivity index (χ4v) is 5.22. The summed E-state index contributed by atoms with van der Waals surface area (Å²) in [6.45, 7) is 10.5. The van der Waals surface area contributed by atoms with E-state index < -0.39 is 8.56 Å². The Morgan fingerprint density at radius 3 is 2.13 bits per heavy atom. The average Bonchev–Trinajstić information content (AvgIpc) is 2.21. The summed E-state index contributed by atoms with van der Waals surface area (Å²) in [4.78, 5) is 2.40. The number of hydrogen-bond acceptors (Lipinski definition) is 4. The number of nitrogens with zero attached hydrogens (tertiary/aromatic N) is 1. The lowest BCUT2D eigenvalue weighted by molar-refractivity contribution is 0.167. The molecule has 1 fully saturated rings. The maximum absolute atomic E-state index is 5.96. The summed E-state index contributed by atoms with van der Waals surface area (Å²) < 4.78 is 11.9. The molecule has 0 aromatic carbocycles. The minimum absolute atomic E-state index is 0.856. The van der Waals surface area contributed by atoms with Crippen LogP contribution in [-0.4, -0.2) is 57.4 Å². The highest BCUT2D eigenvalue weighted by atomic mass is 32.2. The monoisotopic (exact) mass is 249 g/mol. The Bertz CT molecular complexity index is 171. The Hall–Kier alpha value is 0.447. The Morgan fingerprint density at radius 1 is 1.13 bits per heavy atom. The van der Waals surface area contributed by atoms with Gasteiger partial charge in [-0.2, -0.15) is 11.8 Å². The number of thioether (sulfide) groups is 1. The van der Waals surface area contributed by atoms with Crippen LogP contribution >= 0.6 is 11.8 Å². The van der Waals surface area contributed by atoms with E-state index in [9.17, 15) is 0 Å². The van der Waals surface area contributed by atoms with Crippen LogP contribution in [0.2, 0.25) is 6.55 Å². The topological polar surface area (TPSA) is 21.7 Å². The molecule has 0 atom stereocenters. The van der Waals surface area contributed by atoms with Gasteiger partial charge in [0.1, 0.15) is 0 Å². The third-order valence-corrected chi connectivity index (χ3v) is 6.24. The average molecular weight is 249 g/mol. The van der Waals surface area contributed by atoms with E-state index in [2.05, 4.69) is 25.3 Å². The summed E-state index contributed by atoms with van der Waals surface area (Å²) >= 11 is 1.92. The molecule has 0 aromatic rings. The molecule has 0 saturated carbocycles. The van der Waals surface area contributed by atoms with E-state index in [0.29, 0.717) is 0 Å². The highest BCUT2D eigenvalue weighted by Gasteiger charge is 2.34. The van der Waals surface area contributed by atoms with Crippen molar-refractivity contribution in [3.63, 3.8) is 0 Å². The standard InChI is InChI=1S/C10H23NO2SSi/c1-4-11(5-2)10-15(3)12-6-8-14-9-7-13-15/h4-10H2,1-3H3. The first-order chi connectivity index (χ1) is 7.20. The van der Waals surface area contributed by atoms with Gasteiger partial charge >= 0.3 is 8.56 Å². The second-order valence-electron chi connectivity index (χ2n) is 3.90. The smallest absolute Gasteiger partial charge is 0.349 e. The fraction of sp³-hybridized carbons (Fsp3) is 1.00. The Balaban J connectivity index is 2.45. The van der Waals surface area contributed by atoms with E-state index in [0.717, 1.165) is 44.0 Å². The van der Waals surface area contributed by atoms with Gasteiger partial charge in [0.05, 0.1) is 0 Å². The SMILES string of the molecule is CCN(CC)C[Si]1(C)OCCSCCO1. The van der Waals surface area contributed by atoms with Crippen molar-refractivity contribution in [2.75, 3.05) is 44.0 Å². The Labute approximate surface area is 98.8 Å². The molecule has 1 heterocycles. The van der Waals surface area contributed by atoms with Crippen LogP contribution in [0.25, 0.3) is 0 Å². The maximum Gasteiger partial charge on any atom is 0.349 e. The third kappa shape index (κ3) is 4.87. The molecule has 0 aromatic heterocycles. The molecule has 1 aliphatic rings. The zero-order valence-corrected chi connectivity index (χ0v) is 11.9. The molecule has 1 rings (SSSR count). The molecular formula is C10H23NO2SSi. The van der Waals surface area contributed by atoms with E-state index >= 15 is 0 Å². The molecule has 3 nitrogen and oxygen atoms in total. The van der Waals surface area contributed by atoms with Gasteiger partial charge in [0.2, 0.25) is 0 Å². The lowest BCUT2D eigenvalue weighted by Gasteiger charge is -2.33. The molecular weight excluding hydrogens is 226 g/mol. The second kappa shape index (κ2) is 6.91.